The van der Waals surface area contributed by atoms with Gasteiger partial charge in [-0.3, -0.25) is 0 Å². The van der Waals surface area contributed by atoms with Crippen LogP contribution in [0.3, 0.4) is 0 Å². The van der Waals surface area contributed by atoms with Crippen molar-refractivity contribution >= 4 is 0 Å². The van der Waals surface area contributed by atoms with Gasteiger partial charge in [0.25, 0.3) is 0 Å². The molecule has 0 saturated carbocycles. The zero-order valence-electron chi connectivity index (χ0n) is 13.8. The fourth-order valence-electron chi connectivity index (χ4n) is 3.64. The number of aryl methyl sites for hydroxylation is 1. The van der Waals surface area contributed by atoms with E-state index in [9.17, 15) is 5.11 Å². The standard InChI is InChI=1S/C18H30NO2/c1-15-12-17(13-18(21-3)16(15)2)14-19(10-7-11-20)8-5-4-6-9-19/h12-13,20H,4-11,14H2,1-3H3/q+1. The molecule has 1 fully saturated rings. The SMILES string of the molecule is COc1cc(C[N+]2(CCCO)CCCCC2)cc(C)c1C. The highest BCUT2D eigenvalue weighted by atomic mass is 16.5. The van der Waals surface area contributed by atoms with Crippen LogP contribution in [0.2, 0.25) is 0 Å². The molecule has 3 heteroatoms. The molecule has 1 aromatic rings. The van der Waals surface area contributed by atoms with E-state index in [0.29, 0.717) is 6.61 Å². The molecule has 1 aliphatic rings. The van der Waals surface area contributed by atoms with E-state index >= 15 is 0 Å². The number of rotatable bonds is 6. The van der Waals surface area contributed by atoms with Crippen LogP contribution in [-0.4, -0.2) is 42.9 Å². The Morgan fingerprint density at radius 2 is 1.86 bits per heavy atom. The molecule has 0 unspecified atom stereocenters. The first-order valence-electron chi connectivity index (χ1n) is 8.20. The molecular weight excluding hydrogens is 262 g/mol. The first-order chi connectivity index (χ1) is 10.1. The van der Waals surface area contributed by atoms with Crippen LogP contribution in [-0.2, 0) is 6.54 Å². The summed E-state index contributed by atoms with van der Waals surface area (Å²) in [5.41, 5.74) is 3.92. The van der Waals surface area contributed by atoms with Crippen molar-refractivity contribution in [3.63, 3.8) is 0 Å². The molecule has 118 valence electrons. The third-order valence-electron chi connectivity index (χ3n) is 4.97. The normalized spacial score (nSPS) is 17.7. The van der Waals surface area contributed by atoms with E-state index in [1.54, 1.807) is 7.11 Å². The molecular formula is C18H30NO2+. The second-order valence-corrected chi connectivity index (χ2v) is 6.55. The van der Waals surface area contributed by atoms with Crippen molar-refractivity contribution in [1.82, 2.24) is 0 Å². The second-order valence-electron chi connectivity index (χ2n) is 6.55. The topological polar surface area (TPSA) is 29.5 Å². The van der Waals surface area contributed by atoms with Gasteiger partial charge in [0.1, 0.15) is 12.3 Å². The molecule has 0 aromatic heterocycles. The largest absolute Gasteiger partial charge is 0.496 e. The summed E-state index contributed by atoms with van der Waals surface area (Å²) in [5.74, 6) is 1.00. The lowest BCUT2D eigenvalue weighted by Crippen LogP contribution is -2.51. The summed E-state index contributed by atoms with van der Waals surface area (Å²) in [6, 6.07) is 4.52. The highest BCUT2D eigenvalue weighted by Gasteiger charge is 2.30. The van der Waals surface area contributed by atoms with E-state index in [4.69, 9.17) is 4.74 Å². The summed E-state index contributed by atoms with van der Waals surface area (Å²) in [7, 11) is 1.75. The Kier molecular flexibility index (Phi) is 5.65. The molecule has 1 aliphatic heterocycles. The Hall–Kier alpha value is -1.06. The minimum Gasteiger partial charge on any atom is -0.496 e. The number of aliphatic hydroxyl groups excluding tert-OH is 1. The van der Waals surface area contributed by atoms with Crippen molar-refractivity contribution in [2.45, 2.75) is 46.1 Å². The van der Waals surface area contributed by atoms with E-state index in [0.717, 1.165) is 29.7 Å². The van der Waals surface area contributed by atoms with E-state index in [-0.39, 0.29) is 0 Å². The number of nitrogens with zero attached hydrogens (tertiary/aromatic N) is 1. The maximum Gasteiger partial charge on any atom is 0.122 e. The number of hydrogen-bond donors (Lipinski definition) is 1. The Labute approximate surface area is 129 Å². The smallest absolute Gasteiger partial charge is 0.122 e. The van der Waals surface area contributed by atoms with E-state index < -0.39 is 0 Å². The third kappa shape index (κ3) is 3.98. The molecule has 1 N–H and O–H groups in total. The maximum atomic E-state index is 9.21. The molecule has 1 heterocycles. The van der Waals surface area contributed by atoms with Crippen LogP contribution in [0.4, 0.5) is 0 Å². The van der Waals surface area contributed by atoms with Gasteiger partial charge in [-0.1, -0.05) is 0 Å². The first kappa shape index (κ1) is 16.3. The molecule has 21 heavy (non-hydrogen) atoms. The van der Waals surface area contributed by atoms with E-state index in [2.05, 4.69) is 26.0 Å². The summed E-state index contributed by atoms with van der Waals surface area (Å²) >= 11 is 0. The molecule has 2 rings (SSSR count). The molecule has 0 atom stereocenters. The van der Waals surface area contributed by atoms with Crippen LogP contribution in [0.5, 0.6) is 5.75 Å². The Bertz CT molecular complexity index is 465. The average molecular weight is 292 g/mol. The number of ether oxygens (including phenoxy) is 1. The van der Waals surface area contributed by atoms with Crippen molar-refractivity contribution in [3.8, 4) is 5.75 Å². The maximum absolute atomic E-state index is 9.21. The van der Waals surface area contributed by atoms with Gasteiger partial charge in [-0.15, -0.1) is 0 Å². The van der Waals surface area contributed by atoms with Gasteiger partial charge < -0.3 is 14.3 Å². The van der Waals surface area contributed by atoms with Gasteiger partial charge in [-0.2, -0.15) is 0 Å². The molecule has 1 saturated heterocycles. The van der Waals surface area contributed by atoms with Gasteiger partial charge in [-0.05, 0) is 56.4 Å². The molecule has 0 aliphatic carbocycles. The van der Waals surface area contributed by atoms with Crippen LogP contribution in [0.1, 0.15) is 42.4 Å². The minimum absolute atomic E-state index is 0.302. The number of hydrogen-bond acceptors (Lipinski definition) is 2. The van der Waals surface area contributed by atoms with Crippen LogP contribution < -0.4 is 4.74 Å². The highest BCUT2D eigenvalue weighted by molar-refractivity contribution is 5.42. The molecule has 0 spiro atoms. The molecule has 1 aromatic carbocycles. The zero-order valence-corrected chi connectivity index (χ0v) is 13.8. The number of quaternary nitrogens is 1. The number of benzene rings is 1. The first-order valence-corrected chi connectivity index (χ1v) is 8.20. The zero-order chi connectivity index (χ0) is 15.3. The molecule has 0 amide bonds. The lowest BCUT2D eigenvalue weighted by Gasteiger charge is -2.42. The Morgan fingerprint density at radius 3 is 2.48 bits per heavy atom. The number of piperidine rings is 1. The molecule has 3 nitrogen and oxygen atoms in total. The second kappa shape index (κ2) is 7.28. The van der Waals surface area contributed by atoms with Crippen LogP contribution in [0.25, 0.3) is 0 Å². The predicted molar refractivity (Wildman–Crippen MR) is 86.6 cm³/mol. The van der Waals surface area contributed by atoms with E-state index in [1.807, 2.05) is 0 Å². The lowest BCUT2D eigenvalue weighted by molar-refractivity contribution is -0.945. The highest BCUT2D eigenvalue weighted by Crippen LogP contribution is 2.28. The van der Waals surface area contributed by atoms with Gasteiger partial charge in [0.05, 0.1) is 26.7 Å². The minimum atomic E-state index is 0.302. The fraction of sp³-hybridized carbons (Fsp3) is 0.667. The summed E-state index contributed by atoms with van der Waals surface area (Å²) in [4.78, 5) is 0. The third-order valence-corrected chi connectivity index (χ3v) is 4.97. The van der Waals surface area contributed by atoms with Crippen LogP contribution in [0, 0.1) is 13.8 Å². The summed E-state index contributed by atoms with van der Waals surface area (Å²) < 4.78 is 6.65. The summed E-state index contributed by atoms with van der Waals surface area (Å²) in [5, 5.41) is 9.21. The number of likely N-dealkylation sites (tertiary alicyclic amines) is 1. The quantitative estimate of drug-likeness (QED) is 0.816. The van der Waals surface area contributed by atoms with Crippen molar-refractivity contribution in [1.29, 1.82) is 0 Å². The van der Waals surface area contributed by atoms with Crippen molar-refractivity contribution in [2.75, 3.05) is 33.4 Å². The van der Waals surface area contributed by atoms with Gasteiger partial charge in [0, 0.05) is 18.6 Å². The van der Waals surface area contributed by atoms with Gasteiger partial charge in [0.15, 0.2) is 0 Å². The molecule has 0 bridgehead atoms. The predicted octanol–water partition coefficient (Wildman–Crippen LogP) is 3.20. The van der Waals surface area contributed by atoms with Crippen molar-refractivity contribution in [2.24, 2.45) is 0 Å². The average Bonchev–Trinajstić information content (AvgIpc) is 2.49. The van der Waals surface area contributed by atoms with E-state index in [1.165, 1.54) is 49.0 Å². The number of methoxy groups -OCH3 is 1. The summed E-state index contributed by atoms with van der Waals surface area (Å²) in [6.07, 6.45) is 4.89. The fourth-order valence-corrected chi connectivity index (χ4v) is 3.64. The number of aliphatic hydroxyl groups is 1. The lowest BCUT2D eigenvalue weighted by atomic mass is 10.0. The van der Waals surface area contributed by atoms with Crippen LogP contribution in [0.15, 0.2) is 12.1 Å². The van der Waals surface area contributed by atoms with Gasteiger partial charge in [-0.25, -0.2) is 0 Å². The van der Waals surface area contributed by atoms with Gasteiger partial charge in [0.2, 0.25) is 0 Å². The monoisotopic (exact) mass is 292 g/mol. The van der Waals surface area contributed by atoms with Crippen molar-refractivity contribution in [3.05, 3.63) is 28.8 Å². The van der Waals surface area contributed by atoms with Crippen molar-refractivity contribution < 1.29 is 14.3 Å². The molecule has 0 radical (unpaired) electrons. The Balaban J connectivity index is 2.21. The summed E-state index contributed by atoms with van der Waals surface area (Å²) in [6.45, 7) is 9.23. The van der Waals surface area contributed by atoms with Crippen LogP contribution >= 0.6 is 0 Å². The Morgan fingerprint density at radius 1 is 1.14 bits per heavy atom. The van der Waals surface area contributed by atoms with Gasteiger partial charge >= 0.3 is 0 Å².